The number of nitrogens with one attached hydrogen (secondary N) is 1. The van der Waals surface area contributed by atoms with Crippen LogP contribution in [0.25, 0.3) is 0 Å². The van der Waals surface area contributed by atoms with Gasteiger partial charge in [-0.2, -0.15) is 0 Å². The van der Waals surface area contributed by atoms with Crippen molar-refractivity contribution in [1.82, 2.24) is 5.32 Å². The Kier molecular flexibility index (Phi) is 7.62. The predicted molar refractivity (Wildman–Crippen MR) is 94.2 cm³/mol. The van der Waals surface area contributed by atoms with E-state index in [1.54, 1.807) is 18.2 Å². The standard InChI is InChI=1S/C17H19ClN2O5/c18-14-3-6-17(16(11-14)20(22)23)25-15-4-1-13(2-5-15)12-19-7-9-24-10-8-21/h1-6,11,19,21H,7-10,12H2. The maximum absolute atomic E-state index is 11.1. The monoisotopic (exact) mass is 366 g/mol. The quantitative estimate of drug-likeness (QED) is 0.381. The minimum Gasteiger partial charge on any atom is -0.450 e. The second kappa shape index (κ2) is 9.95. The number of hydrogen-bond donors (Lipinski definition) is 2. The molecule has 2 aromatic rings. The smallest absolute Gasteiger partial charge is 0.313 e. The molecule has 0 aromatic heterocycles. The molecule has 0 saturated carbocycles. The highest BCUT2D eigenvalue weighted by Crippen LogP contribution is 2.33. The van der Waals surface area contributed by atoms with E-state index in [0.717, 1.165) is 5.56 Å². The Bertz CT molecular complexity index is 694. The van der Waals surface area contributed by atoms with Gasteiger partial charge in [0.1, 0.15) is 5.75 Å². The topological polar surface area (TPSA) is 93.9 Å². The highest BCUT2D eigenvalue weighted by Gasteiger charge is 2.16. The van der Waals surface area contributed by atoms with Crippen molar-refractivity contribution in [2.24, 2.45) is 0 Å². The van der Waals surface area contributed by atoms with E-state index in [2.05, 4.69) is 5.32 Å². The lowest BCUT2D eigenvalue weighted by molar-refractivity contribution is -0.385. The zero-order valence-corrected chi connectivity index (χ0v) is 14.2. The molecule has 25 heavy (non-hydrogen) atoms. The summed E-state index contributed by atoms with van der Waals surface area (Å²) in [5.41, 5.74) is 0.862. The maximum atomic E-state index is 11.1. The number of hydrogen-bond acceptors (Lipinski definition) is 6. The molecule has 0 aliphatic carbocycles. The summed E-state index contributed by atoms with van der Waals surface area (Å²) in [6, 6.07) is 11.5. The van der Waals surface area contributed by atoms with Crippen molar-refractivity contribution in [3.05, 3.63) is 63.2 Å². The number of nitrogens with zero attached hydrogens (tertiary/aromatic N) is 1. The molecule has 0 heterocycles. The van der Waals surface area contributed by atoms with E-state index < -0.39 is 4.92 Å². The summed E-state index contributed by atoms with van der Waals surface area (Å²) in [5.74, 6) is 0.641. The predicted octanol–water partition coefficient (Wildman–Crippen LogP) is 3.14. The summed E-state index contributed by atoms with van der Waals surface area (Å²) in [5, 5.41) is 23.1. The molecule has 2 rings (SSSR count). The zero-order chi connectivity index (χ0) is 18.1. The van der Waals surface area contributed by atoms with Crippen molar-refractivity contribution in [1.29, 1.82) is 0 Å². The minimum atomic E-state index is -0.529. The lowest BCUT2D eigenvalue weighted by atomic mass is 10.2. The van der Waals surface area contributed by atoms with Gasteiger partial charge in [-0.25, -0.2) is 0 Å². The van der Waals surface area contributed by atoms with E-state index in [-0.39, 0.29) is 23.1 Å². The molecule has 0 spiro atoms. The first-order valence-electron chi connectivity index (χ1n) is 7.70. The molecule has 0 aliphatic heterocycles. The number of nitro benzene ring substituents is 1. The van der Waals surface area contributed by atoms with Gasteiger partial charge in [-0.05, 0) is 29.8 Å². The first-order chi connectivity index (χ1) is 12.1. The third-order valence-corrected chi connectivity index (χ3v) is 3.49. The first kappa shape index (κ1) is 19.1. The molecular formula is C17H19ClN2O5. The number of aliphatic hydroxyl groups is 1. The third kappa shape index (κ3) is 6.32. The maximum Gasteiger partial charge on any atom is 0.313 e. The number of benzene rings is 2. The van der Waals surface area contributed by atoms with Gasteiger partial charge in [0.2, 0.25) is 5.75 Å². The highest BCUT2D eigenvalue weighted by atomic mass is 35.5. The Labute approximate surface area is 150 Å². The van der Waals surface area contributed by atoms with E-state index in [0.29, 0.717) is 32.1 Å². The number of aliphatic hydroxyl groups excluding tert-OH is 1. The fourth-order valence-electron chi connectivity index (χ4n) is 2.07. The molecule has 0 fully saturated rings. The van der Waals surface area contributed by atoms with E-state index in [1.807, 2.05) is 12.1 Å². The van der Waals surface area contributed by atoms with Crippen LogP contribution in [0.5, 0.6) is 11.5 Å². The second-order valence-electron chi connectivity index (χ2n) is 5.13. The van der Waals surface area contributed by atoms with Gasteiger partial charge >= 0.3 is 5.69 Å². The fourth-order valence-corrected chi connectivity index (χ4v) is 2.23. The average molecular weight is 367 g/mol. The zero-order valence-electron chi connectivity index (χ0n) is 13.5. The van der Waals surface area contributed by atoms with Crippen LogP contribution in [0.2, 0.25) is 5.02 Å². The van der Waals surface area contributed by atoms with Gasteiger partial charge in [0.15, 0.2) is 0 Å². The van der Waals surface area contributed by atoms with Gasteiger partial charge in [0.25, 0.3) is 0 Å². The molecular weight excluding hydrogens is 348 g/mol. The number of ether oxygens (including phenoxy) is 2. The summed E-state index contributed by atoms with van der Waals surface area (Å²) in [7, 11) is 0. The van der Waals surface area contributed by atoms with Crippen LogP contribution in [-0.4, -0.2) is 36.4 Å². The van der Waals surface area contributed by atoms with Crippen LogP contribution < -0.4 is 10.1 Å². The Morgan fingerprint density at radius 3 is 2.60 bits per heavy atom. The molecule has 8 heteroatoms. The number of rotatable bonds is 10. The van der Waals surface area contributed by atoms with Crippen molar-refractivity contribution in [2.45, 2.75) is 6.54 Å². The van der Waals surface area contributed by atoms with Crippen LogP contribution in [0.3, 0.4) is 0 Å². The SMILES string of the molecule is O=[N+]([O-])c1cc(Cl)ccc1Oc1ccc(CNCCOCCO)cc1. The molecule has 7 nitrogen and oxygen atoms in total. The van der Waals surface area contributed by atoms with Gasteiger partial charge in [0, 0.05) is 24.2 Å². The second-order valence-corrected chi connectivity index (χ2v) is 5.56. The Hall–Kier alpha value is -2.19. The summed E-state index contributed by atoms with van der Waals surface area (Å²) < 4.78 is 10.7. The van der Waals surface area contributed by atoms with Gasteiger partial charge in [-0.1, -0.05) is 23.7 Å². The third-order valence-electron chi connectivity index (χ3n) is 3.26. The lowest BCUT2D eigenvalue weighted by Gasteiger charge is -2.08. The number of halogens is 1. The first-order valence-corrected chi connectivity index (χ1v) is 8.08. The van der Waals surface area contributed by atoms with Crippen molar-refractivity contribution in [3.8, 4) is 11.5 Å². The van der Waals surface area contributed by atoms with Crippen LogP contribution in [0.1, 0.15) is 5.56 Å². The molecule has 0 aliphatic rings. The van der Waals surface area contributed by atoms with E-state index >= 15 is 0 Å². The molecule has 0 saturated heterocycles. The minimum absolute atomic E-state index is 0.0211. The summed E-state index contributed by atoms with van der Waals surface area (Å²) >= 11 is 5.78. The highest BCUT2D eigenvalue weighted by molar-refractivity contribution is 6.30. The summed E-state index contributed by atoms with van der Waals surface area (Å²) in [4.78, 5) is 10.5. The molecule has 0 bridgehead atoms. The number of nitro groups is 1. The van der Waals surface area contributed by atoms with Crippen molar-refractivity contribution in [2.75, 3.05) is 26.4 Å². The largest absolute Gasteiger partial charge is 0.450 e. The molecule has 0 radical (unpaired) electrons. The van der Waals surface area contributed by atoms with E-state index in [4.69, 9.17) is 26.2 Å². The molecule has 134 valence electrons. The van der Waals surface area contributed by atoms with E-state index in [1.165, 1.54) is 12.1 Å². The Morgan fingerprint density at radius 1 is 1.16 bits per heavy atom. The lowest BCUT2D eigenvalue weighted by Crippen LogP contribution is -2.19. The van der Waals surface area contributed by atoms with Gasteiger partial charge < -0.3 is 19.9 Å². The van der Waals surface area contributed by atoms with Crippen LogP contribution in [0.4, 0.5) is 5.69 Å². The van der Waals surface area contributed by atoms with Crippen molar-refractivity contribution in [3.63, 3.8) is 0 Å². The summed E-state index contributed by atoms with van der Waals surface area (Å²) in [6.45, 7) is 2.22. The average Bonchev–Trinajstić information content (AvgIpc) is 2.60. The van der Waals surface area contributed by atoms with Crippen LogP contribution in [0.15, 0.2) is 42.5 Å². The molecule has 0 unspecified atom stereocenters. The van der Waals surface area contributed by atoms with Gasteiger partial charge in [0.05, 0.1) is 24.7 Å². The molecule has 0 amide bonds. The summed E-state index contributed by atoms with van der Waals surface area (Å²) in [6.07, 6.45) is 0. The molecule has 2 N–H and O–H groups in total. The van der Waals surface area contributed by atoms with Crippen molar-refractivity contribution >= 4 is 17.3 Å². The van der Waals surface area contributed by atoms with Crippen LogP contribution in [-0.2, 0) is 11.3 Å². The Morgan fingerprint density at radius 2 is 1.92 bits per heavy atom. The Balaban J connectivity index is 1.89. The van der Waals surface area contributed by atoms with Gasteiger partial charge in [-0.3, -0.25) is 10.1 Å². The normalized spacial score (nSPS) is 10.6. The van der Waals surface area contributed by atoms with Crippen LogP contribution >= 0.6 is 11.6 Å². The molecule has 2 aromatic carbocycles. The van der Waals surface area contributed by atoms with Gasteiger partial charge in [-0.15, -0.1) is 0 Å². The van der Waals surface area contributed by atoms with E-state index in [9.17, 15) is 10.1 Å². The van der Waals surface area contributed by atoms with Crippen LogP contribution in [0, 0.1) is 10.1 Å². The van der Waals surface area contributed by atoms with Crippen molar-refractivity contribution < 1.29 is 19.5 Å². The molecule has 0 atom stereocenters. The fraction of sp³-hybridized carbons (Fsp3) is 0.294.